The van der Waals surface area contributed by atoms with Crippen molar-refractivity contribution in [3.8, 4) is 28.3 Å². The van der Waals surface area contributed by atoms with Gasteiger partial charge < -0.3 is 19.1 Å². The van der Waals surface area contributed by atoms with Gasteiger partial charge in [0.15, 0.2) is 12.4 Å². The summed E-state index contributed by atoms with van der Waals surface area (Å²) < 4.78 is 11.3. The lowest BCUT2D eigenvalue weighted by Gasteiger charge is -2.32. The van der Waals surface area contributed by atoms with Crippen LogP contribution >= 0.6 is 0 Å². The summed E-state index contributed by atoms with van der Waals surface area (Å²) in [6.45, 7) is 5.39. The lowest BCUT2D eigenvalue weighted by atomic mass is 10.0. The van der Waals surface area contributed by atoms with Crippen LogP contribution in [0.5, 0.6) is 5.75 Å². The normalized spacial score (nSPS) is 14.8. The van der Waals surface area contributed by atoms with Gasteiger partial charge in [0.05, 0.1) is 0 Å². The summed E-state index contributed by atoms with van der Waals surface area (Å²) in [6.07, 6.45) is 0. The van der Waals surface area contributed by atoms with Crippen molar-refractivity contribution in [1.82, 2.24) is 15.0 Å². The van der Waals surface area contributed by atoms with Crippen molar-refractivity contribution >= 4 is 5.91 Å². The Labute approximate surface area is 170 Å². The quantitative estimate of drug-likeness (QED) is 0.667. The molecule has 0 atom stereocenters. The van der Waals surface area contributed by atoms with Crippen LogP contribution in [0.1, 0.15) is 5.56 Å². The summed E-state index contributed by atoms with van der Waals surface area (Å²) in [6, 6.07) is 17.6. The van der Waals surface area contributed by atoms with Crippen LogP contribution < -0.4 is 4.74 Å². The third-order valence-electron chi connectivity index (χ3n) is 5.31. The van der Waals surface area contributed by atoms with E-state index in [2.05, 4.69) is 17.1 Å². The van der Waals surface area contributed by atoms with Gasteiger partial charge in [-0.15, -0.1) is 0 Å². The molecule has 1 aliphatic rings. The number of aromatic nitrogens is 1. The smallest absolute Gasteiger partial charge is 0.260 e. The molecule has 2 heterocycles. The van der Waals surface area contributed by atoms with E-state index in [1.54, 1.807) is 0 Å². The number of likely N-dealkylation sites (N-methyl/N-ethyl adjacent to an activating group) is 1. The molecule has 1 saturated heterocycles. The monoisotopic (exact) mass is 391 g/mol. The van der Waals surface area contributed by atoms with E-state index in [1.165, 1.54) is 0 Å². The van der Waals surface area contributed by atoms with Gasteiger partial charge in [-0.3, -0.25) is 4.79 Å². The van der Waals surface area contributed by atoms with Crippen molar-refractivity contribution in [3.63, 3.8) is 0 Å². The van der Waals surface area contributed by atoms with Crippen LogP contribution in [-0.4, -0.2) is 60.7 Å². The molecule has 1 aromatic heterocycles. The fourth-order valence-corrected chi connectivity index (χ4v) is 3.46. The largest absolute Gasteiger partial charge is 0.484 e. The number of piperazine rings is 1. The molecule has 29 heavy (non-hydrogen) atoms. The molecule has 1 fully saturated rings. The fourth-order valence-electron chi connectivity index (χ4n) is 3.46. The SMILES string of the molecule is Cc1c(-c2ccc(OCC(=O)N3CCN(C)CC3)cc2)noc1-c1ccccc1. The first-order chi connectivity index (χ1) is 14.1. The molecule has 0 N–H and O–H groups in total. The number of rotatable bonds is 5. The number of hydrogen-bond donors (Lipinski definition) is 0. The van der Waals surface area contributed by atoms with Crippen LogP contribution in [0.25, 0.3) is 22.6 Å². The summed E-state index contributed by atoms with van der Waals surface area (Å²) >= 11 is 0. The average Bonchev–Trinajstić information content (AvgIpc) is 3.15. The lowest BCUT2D eigenvalue weighted by Crippen LogP contribution is -2.48. The predicted octanol–water partition coefficient (Wildman–Crippen LogP) is 3.47. The summed E-state index contributed by atoms with van der Waals surface area (Å²) in [4.78, 5) is 16.4. The summed E-state index contributed by atoms with van der Waals surface area (Å²) in [7, 11) is 2.07. The first-order valence-corrected chi connectivity index (χ1v) is 9.83. The van der Waals surface area contributed by atoms with Gasteiger partial charge in [-0.05, 0) is 38.2 Å². The summed E-state index contributed by atoms with van der Waals surface area (Å²) in [5.74, 6) is 1.47. The van der Waals surface area contributed by atoms with E-state index in [-0.39, 0.29) is 12.5 Å². The number of amides is 1. The number of benzene rings is 2. The first-order valence-electron chi connectivity index (χ1n) is 9.83. The third kappa shape index (κ3) is 4.32. The Morgan fingerprint density at radius 2 is 1.69 bits per heavy atom. The van der Waals surface area contributed by atoms with Gasteiger partial charge in [0.25, 0.3) is 5.91 Å². The Morgan fingerprint density at radius 3 is 2.38 bits per heavy atom. The van der Waals surface area contributed by atoms with E-state index >= 15 is 0 Å². The molecular weight excluding hydrogens is 366 g/mol. The molecule has 2 aromatic carbocycles. The van der Waals surface area contributed by atoms with Crippen LogP contribution in [0.4, 0.5) is 0 Å². The molecule has 0 unspecified atom stereocenters. The van der Waals surface area contributed by atoms with E-state index in [1.807, 2.05) is 66.4 Å². The Balaban J connectivity index is 1.40. The van der Waals surface area contributed by atoms with Gasteiger partial charge in [-0.2, -0.15) is 0 Å². The van der Waals surface area contributed by atoms with Crippen molar-refractivity contribution in [2.75, 3.05) is 39.8 Å². The van der Waals surface area contributed by atoms with Crippen LogP contribution in [0.3, 0.4) is 0 Å². The van der Waals surface area contributed by atoms with Gasteiger partial charge in [0, 0.05) is 42.9 Å². The van der Waals surface area contributed by atoms with E-state index in [0.29, 0.717) is 5.75 Å². The maximum Gasteiger partial charge on any atom is 0.260 e. The molecule has 0 radical (unpaired) electrons. The number of hydrogen-bond acceptors (Lipinski definition) is 5. The minimum Gasteiger partial charge on any atom is -0.484 e. The second-order valence-electron chi connectivity index (χ2n) is 7.35. The maximum atomic E-state index is 12.3. The van der Waals surface area contributed by atoms with Gasteiger partial charge >= 0.3 is 0 Å². The molecule has 0 saturated carbocycles. The minimum atomic E-state index is 0.0297. The number of ether oxygens (including phenoxy) is 1. The van der Waals surface area contributed by atoms with Crippen LogP contribution in [0.2, 0.25) is 0 Å². The maximum absolute atomic E-state index is 12.3. The number of carbonyl (C=O) groups excluding carboxylic acids is 1. The molecule has 4 rings (SSSR count). The molecular formula is C23H25N3O3. The van der Waals surface area contributed by atoms with E-state index in [9.17, 15) is 4.79 Å². The molecule has 0 spiro atoms. The Hall–Kier alpha value is -3.12. The molecule has 6 nitrogen and oxygen atoms in total. The molecule has 0 bridgehead atoms. The molecule has 1 aliphatic heterocycles. The highest BCUT2D eigenvalue weighted by molar-refractivity contribution is 5.78. The van der Waals surface area contributed by atoms with Crippen LogP contribution in [-0.2, 0) is 4.79 Å². The average molecular weight is 391 g/mol. The van der Waals surface area contributed by atoms with Crippen LogP contribution in [0.15, 0.2) is 59.1 Å². The zero-order valence-electron chi connectivity index (χ0n) is 16.8. The van der Waals surface area contributed by atoms with E-state index in [0.717, 1.165) is 54.3 Å². The Bertz CT molecular complexity index is 959. The fraction of sp³-hybridized carbons (Fsp3) is 0.304. The highest BCUT2D eigenvalue weighted by Crippen LogP contribution is 2.32. The second-order valence-corrected chi connectivity index (χ2v) is 7.35. The van der Waals surface area contributed by atoms with Crippen molar-refractivity contribution in [3.05, 3.63) is 60.2 Å². The lowest BCUT2D eigenvalue weighted by molar-refractivity contribution is -0.134. The second kappa shape index (κ2) is 8.49. The predicted molar refractivity (Wildman–Crippen MR) is 112 cm³/mol. The van der Waals surface area contributed by atoms with Gasteiger partial charge in [-0.25, -0.2) is 0 Å². The third-order valence-corrected chi connectivity index (χ3v) is 5.31. The zero-order valence-corrected chi connectivity index (χ0v) is 16.8. The van der Waals surface area contributed by atoms with Crippen molar-refractivity contribution in [2.24, 2.45) is 0 Å². The molecule has 6 heteroatoms. The molecule has 1 amide bonds. The van der Waals surface area contributed by atoms with E-state index < -0.39 is 0 Å². The minimum absolute atomic E-state index is 0.0297. The number of carbonyl (C=O) groups is 1. The van der Waals surface area contributed by atoms with E-state index in [4.69, 9.17) is 9.26 Å². The van der Waals surface area contributed by atoms with Gasteiger partial charge in [0.2, 0.25) is 0 Å². The molecule has 3 aromatic rings. The number of nitrogens with zero attached hydrogens (tertiary/aromatic N) is 3. The highest BCUT2D eigenvalue weighted by atomic mass is 16.5. The van der Waals surface area contributed by atoms with Gasteiger partial charge in [-0.1, -0.05) is 35.5 Å². The molecule has 150 valence electrons. The summed E-state index contributed by atoms with van der Waals surface area (Å²) in [5.41, 5.74) is 3.76. The molecule has 0 aliphatic carbocycles. The summed E-state index contributed by atoms with van der Waals surface area (Å²) in [5, 5.41) is 4.25. The van der Waals surface area contributed by atoms with Crippen molar-refractivity contribution in [1.29, 1.82) is 0 Å². The Morgan fingerprint density at radius 1 is 1.00 bits per heavy atom. The standard InChI is InChI=1S/C23H25N3O3/c1-17-22(24-29-23(17)19-6-4-3-5-7-19)18-8-10-20(11-9-18)28-16-21(27)26-14-12-25(2)13-15-26/h3-11H,12-16H2,1-2H3. The highest BCUT2D eigenvalue weighted by Gasteiger charge is 2.19. The van der Waals surface area contributed by atoms with Crippen molar-refractivity contribution in [2.45, 2.75) is 6.92 Å². The van der Waals surface area contributed by atoms with Crippen LogP contribution in [0, 0.1) is 6.92 Å². The van der Waals surface area contributed by atoms with Gasteiger partial charge in [0.1, 0.15) is 11.4 Å². The van der Waals surface area contributed by atoms with Crippen molar-refractivity contribution < 1.29 is 14.1 Å². The Kier molecular flexibility index (Phi) is 5.62. The zero-order chi connectivity index (χ0) is 20.2. The first kappa shape index (κ1) is 19.2. The topological polar surface area (TPSA) is 58.8 Å².